The fourth-order valence-electron chi connectivity index (χ4n) is 0.857. The van der Waals surface area contributed by atoms with Crippen molar-refractivity contribution in [2.24, 2.45) is 0 Å². The Morgan fingerprint density at radius 1 is 1.55 bits per heavy atom. The zero-order valence-electron chi connectivity index (χ0n) is 5.95. The topological polar surface area (TPSA) is 37.3 Å². The molecule has 0 saturated carbocycles. The van der Waals surface area contributed by atoms with Crippen molar-refractivity contribution in [1.82, 2.24) is 0 Å². The number of carbonyl (C=O) groups is 1. The van der Waals surface area contributed by atoms with Gasteiger partial charge in [-0.25, -0.2) is 0 Å². The van der Waals surface area contributed by atoms with E-state index in [1.165, 1.54) is 23.5 Å². The summed E-state index contributed by atoms with van der Waals surface area (Å²) >= 11 is 6.52. The van der Waals surface area contributed by atoms with Crippen LogP contribution in [-0.2, 0) is 4.79 Å². The molecule has 1 rings (SSSR count). The molecule has 1 N–H and O–H groups in total. The van der Waals surface area contributed by atoms with E-state index in [0.717, 1.165) is 17.9 Å². The molecule has 0 amide bonds. The van der Waals surface area contributed by atoms with Crippen LogP contribution in [0.15, 0.2) is 0 Å². The van der Waals surface area contributed by atoms with E-state index < -0.39 is 4.27 Å². The molecule has 1 aliphatic heterocycles. The summed E-state index contributed by atoms with van der Waals surface area (Å²) in [5, 5.41) is 9.46. The predicted molar refractivity (Wildman–Crippen MR) is 53.1 cm³/mol. The van der Waals surface area contributed by atoms with E-state index in [4.69, 9.17) is 0 Å². The van der Waals surface area contributed by atoms with E-state index in [1.807, 2.05) is 0 Å². The van der Waals surface area contributed by atoms with Crippen LogP contribution in [0.3, 0.4) is 0 Å². The van der Waals surface area contributed by atoms with Gasteiger partial charge >= 0.3 is 0 Å². The average Bonchev–Trinajstić information content (AvgIpc) is 1.85. The molecule has 64 valence electrons. The van der Waals surface area contributed by atoms with Gasteiger partial charge < -0.3 is 5.11 Å². The van der Waals surface area contributed by atoms with Crippen LogP contribution in [0, 0.1) is 0 Å². The molecule has 0 aliphatic carbocycles. The van der Waals surface area contributed by atoms with Crippen molar-refractivity contribution in [3.05, 3.63) is 0 Å². The third-order valence-corrected chi connectivity index (χ3v) is 4.36. The summed E-state index contributed by atoms with van der Waals surface area (Å²) < 4.78 is -0.892. The SMILES string of the molecule is O=C(S)CC1(O)SCCCS1. The van der Waals surface area contributed by atoms with Gasteiger partial charge in [0, 0.05) is 0 Å². The monoisotopic (exact) mass is 210 g/mol. The van der Waals surface area contributed by atoms with Crippen molar-refractivity contribution >= 4 is 41.3 Å². The smallest absolute Gasteiger partial charge is 0.190 e. The van der Waals surface area contributed by atoms with Crippen LogP contribution in [0.2, 0.25) is 0 Å². The second-order valence-corrected chi connectivity index (χ2v) is 5.84. The second kappa shape index (κ2) is 4.07. The van der Waals surface area contributed by atoms with Gasteiger partial charge in [0.05, 0.1) is 6.42 Å². The molecule has 2 nitrogen and oxygen atoms in total. The van der Waals surface area contributed by atoms with Crippen LogP contribution < -0.4 is 0 Å². The molecule has 5 heteroatoms. The molecule has 0 aromatic carbocycles. The molecule has 11 heavy (non-hydrogen) atoms. The maximum absolute atomic E-state index is 10.6. The molecule has 0 aromatic rings. The number of thioether (sulfide) groups is 2. The van der Waals surface area contributed by atoms with E-state index in [9.17, 15) is 9.90 Å². The summed E-state index contributed by atoms with van der Waals surface area (Å²) in [6, 6.07) is 0. The molecule has 0 spiro atoms. The summed E-state index contributed by atoms with van der Waals surface area (Å²) in [5.74, 6) is 1.87. The molecular formula is C6H10O2S3. The van der Waals surface area contributed by atoms with Crippen molar-refractivity contribution in [2.75, 3.05) is 11.5 Å². The number of hydrogen-bond donors (Lipinski definition) is 2. The van der Waals surface area contributed by atoms with Crippen LogP contribution in [0.25, 0.3) is 0 Å². The summed E-state index contributed by atoms with van der Waals surface area (Å²) in [4.78, 5) is 10.6. The Kier molecular flexibility index (Phi) is 3.61. The van der Waals surface area contributed by atoms with Crippen LogP contribution in [0.1, 0.15) is 12.8 Å². The first kappa shape index (κ1) is 9.77. The van der Waals surface area contributed by atoms with E-state index in [0.29, 0.717) is 0 Å². The minimum atomic E-state index is -0.892. The van der Waals surface area contributed by atoms with Crippen molar-refractivity contribution in [3.8, 4) is 0 Å². The maximum atomic E-state index is 10.6. The van der Waals surface area contributed by atoms with Gasteiger partial charge in [-0.15, -0.1) is 36.2 Å². The Balaban J connectivity index is 2.43. The lowest BCUT2D eigenvalue weighted by Crippen LogP contribution is -2.26. The van der Waals surface area contributed by atoms with E-state index in [2.05, 4.69) is 12.6 Å². The molecular weight excluding hydrogens is 200 g/mol. The predicted octanol–water partition coefficient (Wildman–Crippen LogP) is 1.35. The van der Waals surface area contributed by atoms with Gasteiger partial charge in [-0.05, 0) is 17.9 Å². The highest BCUT2D eigenvalue weighted by atomic mass is 32.2. The van der Waals surface area contributed by atoms with Crippen molar-refractivity contribution in [3.63, 3.8) is 0 Å². The third-order valence-electron chi connectivity index (χ3n) is 1.32. The van der Waals surface area contributed by atoms with Gasteiger partial charge in [-0.2, -0.15) is 0 Å². The first-order valence-corrected chi connectivity index (χ1v) is 5.76. The molecule has 0 radical (unpaired) electrons. The Morgan fingerprint density at radius 3 is 2.55 bits per heavy atom. The number of thiol groups is 1. The molecule has 1 fully saturated rings. The van der Waals surface area contributed by atoms with Crippen molar-refractivity contribution in [1.29, 1.82) is 0 Å². The molecule has 0 unspecified atom stereocenters. The normalized spacial score (nSPS) is 23.1. The fraction of sp³-hybridized carbons (Fsp3) is 0.833. The first-order chi connectivity index (χ1) is 5.12. The van der Waals surface area contributed by atoms with E-state index in [-0.39, 0.29) is 11.5 Å². The Bertz CT molecular complexity index is 154. The van der Waals surface area contributed by atoms with E-state index in [1.54, 1.807) is 0 Å². The molecule has 1 heterocycles. The van der Waals surface area contributed by atoms with Crippen molar-refractivity contribution < 1.29 is 9.90 Å². The third kappa shape index (κ3) is 3.27. The number of aliphatic hydroxyl groups is 1. The molecule has 1 saturated heterocycles. The number of carbonyl (C=O) groups excluding carboxylic acids is 1. The van der Waals surface area contributed by atoms with Gasteiger partial charge in [-0.3, -0.25) is 4.79 Å². The van der Waals surface area contributed by atoms with Crippen LogP contribution in [0.4, 0.5) is 0 Å². The summed E-state index contributed by atoms with van der Waals surface area (Å²) in [6.07, 6.45) is 1.25. The van der Waals surface area contributed by atoms with Crippen molar-refractivity contribution in [2.45, 2.75) is 17.1 Å². The van der Waals surface area contributed by atoms with Gasteiger partial charge in [0.1, 0.15) is 0 Å². The number of rotatable bonds is 2. The lowest BCUT2D eigenvalue weighted by atomic mass is 10.5. The highest BCUT2D eigenvalue weighted by Gasteiger charge is 2.32. The minimum absolute atomic E-state index is 0.144. The van der Waals surface area contributed by atoms with Crippen LogP contribution >= 0.6 is 36.2 Å². The molecule has 0 bridgehead atoms. The van der Waals surface area contributed by atoms with Gasteiger partial charge in [0.2, 0.25) is 0 Å². The first-order valence-electron chi connectivity index (χ1n) is 3.34. The fourth-order valence-corrected chi connectivity index (χ4v) is 4.00. The lowest BCUT2D eigenvalue weighted by Gasteiger charge is -2.29. The van der Waals surface area contributed by atoms with Crippen LogP contribution in [0.5, 0.6) is 0 Å². The number of hydrogen-bond acceptors (Lipinski definition) is 4. The minimum Gasteiger partial charge on any atom is -0.370 e. The summed E-state index contributed by atoms with van der Waals surface area (Å²) in [6.45, 7) is 0. The van der Waals surface area contributed by atoms with Gasteiger partial charge in [0.25, 0.3) is 0 Å². The van der Waals surface area contributed by atoms with Gasteiger partial charge in [-0.1, -0.05) is 0 Å². The Labute approximate surface area is 79.9 Å². The molecule has 0 aromatic heterocycles. The Morgan fingerprint density at radius 2 is 2.09 bits per heavy atom. The largest absolute Gasteiger partial charge is 0.370 e. The average molecular weight is 210 g/mol. The van der Waals surface area contributed by atoms with Gasteiger partial charge in [0.15, 0.2) is 9.38 Å². The zero-order chi connectivity index (χ0) is 8.32. The zero-order valence-corrected chi connectivity index (χ0v) is 8.48. The highest BCUT2D eigenvalue weighted by molar-refractivity contribution is 8.18. The quantitative estimate of drug-likeness (QED) is 0.675. The lowest BCUT2D eigenvalue weighted by molar-refractivity contribution is -0.111. The standard InChI is InChI=1S/C6H10O2S3/c7-5(9)4-6(8)10-2-1-3-11-6/h8H,1-4H2,(H,7,9). The summed E-state index contributed by atoms with van der Waals surface area (Å²) in [5.41, 5.74) is 0. The highest BCUT2D eigenvalue weighted by Crippen LogP contribution is 2.42. The molecule has 0 atom stereocenters. The summed E-state index contributed by atoms with van der Waals surface area (Å²) in [7, 11) is 0. The second-order valence-electron chi connectivity index (χ2n) is 2.33. The molecule has 1 aliphatic rings. The maximum Gasteiger partial charge on any atom is 0.190 e. The Hall–Kier alpha value is 0.680. The van der Waals surface area contributed by atoms with E-state index >= 15 is 0 Å². The van der Waals surface area contributed by atoms with Crippen LogP contribution in [-0.4, -0.2) is 26.0 Å².